The van der Waals surface area contributed by atoms with Crippen molar-refractivity contribution in [2.75, 3.05) is 41.0 Å². The Morgan fingerprint density at radius 2 is 1.89 bits per heavy atom. The van der Waals surface area contributed by atoms with Crippen LogP contribution in [0.5, 0.6) is 28.7 Å². The normalized spacial score (nSPS) is 18.5. The van der Waals surface area contributed by atoms with Gasteiger partial charge in [0.1, 0.15) is 11.5 Å². The molecule has 4 rings (SSSR count). The maximum Gasteiger partial charge on any atom is 0.310 e. The fourth-order valence-corrected chi connectivity index (χ4v) is 4.66. The Balaban J connectivity index is 1.61. The van der Waals surface area contributed by atoms with Crippen molar-refractivity contribution in [3.8, 4) is 28.7 Å². The van der Waals surface area contributed by atoms with Crippen molar-refractivity contribution in [2.45, 2.75) is 26.3 Å². The number of methoxy groups -OCH3 is 3. The van der Waals surface area contributed by atoms with Crippen molar-refractivity contribution >= 4 is 17.8 Å². The van der Waals surface area contributed by atoms with Gasteiger partial charge in [-0.25, -0.2) is 0 Å². The summed E-state index contributed by atoms with van der Waals surface area (Å²) in [6.45, 7) is 3.77. The van der Waals surface area contributed by atoms with Crippen LogP contribution in [0.25, 0.3) is 6.08 Å². The predicted molar refractivity (Wildman–Crippen MR) is 132 cm³/mol. The van der Waals surface area contributed by atoms with E-state index in [2.05, 4.69) is 4.90 Å². The van der Waals surface area contributed by atoms with Crippen molar-refractivity contribution in [3.63, 3.8) is 0 Å². The molecule has 2 aliphatic rings. The molecule has 0 bridgehead atoms. The summed E-state index contributed by atoms with van der Waals surface area (Å²) in [4.78, 5) is 27.5. The van der Waals surface area contributed by atoms with Gasteiger partial charge in [-0.05, 0) is 62.2 Å². The van der Waals surface area contributed by atoms with Crippen LogP contribution in [0.2, 0.25) is 0 Å². The van der Waals surface area contributed by atoms with Gasteiger partial charge in [-0.15, -0.1) is 0 Å². The Bertz CT molecular complexity index is 1160. The van der Waals surface area contributed by atoms with E-state index in [0.29, 0.717) is 59.4 Å². The van der Waals surface area contributed by atoms with E-state index in [1.54, 1.807) is 31.2 Å². The van der Waals surface area contributed by atoms with Crippen LogP contribution in [0.15, 0.2) is 30.0 Å². The molecule has 1 atom stereocenters. The molecular weight excluding hydrogens is 466 g/mol. The number of allylic oxidation sites excluding steroid dienone is 1. The smallest absolute Gasteiger partial charge is 0.310 e. The molecule has 0 saturated carbocycles. The van der Waals surface area contributed by atoms with Gasteiger partial charge in [0.25, 0.3) is 0 Å². The fraction of sp³-hybridized carbons (Fsp3) is 0.407. The zero-order valence-corrected chi connectivity index (χ0v) is 21.0. The number of benzene rings is 2. The van der Waals surface area contributed by atoms with E-state index in [0.717, 1.165) is 19.4 Å². The molecule has 2 aliphatic heterocycles. The zero-order valence-electron chi connectivity index (χ0n) is 21.0. The molecular formula is C27H31NO8. The molecule has 2 aromatic rings. The van der Waals surface area contributed by atoms with E-state index in [1.165, 1.54) is 27.4 Å². The first kappa shape index (κ1) is 25.4. The molecule has 2 aromatic carbocycles. The van der Waals surface area contributed by atoms with Gasteiger partial charge in [0.2, 0.25) is 11.5 Å². The van der Waals surface area contributed by atoms with E-state index >= 15 is 0 Å². The van der Waals surface area contributed by atoms with E-state index in [1.807, 2.05) is 0 Å². The number of phenolic OH excluding ortho intramolecular Hbond substituents is 1. The van der Waals surface area contributed by atoms with E-state index in [9.17, 15) is 14.7 Å². The molecule has 0 aliphatic carbocycles. The number of nitrogens with zero attached hydrogens (tertiary/aromatic N) is 1. The first-order chi connectivity index (χ1) is 17.4. The number of hydrogen-bond acceptors (Lipinski definition) is 9. The number of carbonyl (C=O) groups is 2. The molecule has 9 nitrogen and oxygen atoms in total. The number of piperidine rings is 1. The van der Waals surface area contributed by atoms with Crippen LogP contribution >= 0.6 is 0 Å². The highest BCUT2D eigenvalue weighted by Gasteiger charge is 2.33. The lowest BCUT2D eigenvalue weighted by molar-refractivity contribution is -0.150. The summed E-state index contributed by atoms with van der Waals surface area (Å²) in [6.07, 6.45) is 3.21. The molecule has 1 saturated heterocycles. The minimum Gasteiger partial charge on any atom is -0.507 e. The molecule has 0 spiro atoms. The van der Waals surface area contributed by atoms with E-state index in [4.69, 9.17) is 23.7 Å². The molecule has 36 heavy (non-hydrogen) atoms. The number of likely N-dealkylation sites (tertiary alicyclic amines) is 1. The second-order valence-electron chi connectivity index (χ2n) is 8.66. The highest BCUT2D eigenvalue weighted by Crippen LogP contribution is 2.42. The van der Waals surface area contributed by atoms with Crippen molar-refractivity contribution in [3.05, 3.63) is 46.7 Å². The first-order valence-corrected chi connectivity index (χ1v) is 11.9. The summed E-state index contributed by atoms with van der Waals surface area (Å²) >= 11 is 0. The number of ketones is 1. The van der Waals surface area contributed by atoms with E-state index in [-0.39, 0.29) is 29.2 Å². The van der Waals surface area contributed by atoms with Crippen LogP contribution in [0, 0.1) is 5.92 Å². The van der Waals surface area contributed by atoms with Crippen molar-refractivity contribution in [2.24, 2.45) is 5.92 Å². The van der Waals surface area contributed by atoms with E-state index < -0.39 is 0 Å². The number of hydrogen-bond donors (Lipinski definition) is 1. The van der Waals surface area contributed by atoms with Gasteiger partial charge >= 0.3 is 5.97 Å². The lowest BCUT2D eigenvalue weighted by Gasteiger charge is -2.31. The molecule has 1 unspecified atom stereocenters. The fourth-order valence-electron chi connectivity index (χ4n) is 4.66. The lowest BCUT2D eigenvalue weighted by atomic mass is 9.97. The zero-order chi connectivity index (χ0) is 25.8. The molecule has 0 aromatic heterocycles. The lowest BCUT2D eigenvalue weighted by Crippen LogP contribution is -2.39. The van der Waals surface area contributed by atoms with Crippen LogP contribution in [0.4, 0.5) is 0 Å². The quantitative estimate of drug-likeness (QED) is 0.431. The van der Waals surface area contributed by atoms with Crippen LogP contribution in [-0.4, -0.2) is 62.8 Å². The Morgan fingerprint density at radius 3 is 2.53 bits per heavy atom. The molecule has 1 N–H and O–H groups in total. The Hall–Kier alpha value is -3.72. The van der Waals surface area contributed by atoms with Gasteiger partial charge in [0, 0.05) is 13.1 Å². The second-order valence-corrected chi connectivity index (χ2v) is 8.66. The van der Waals surface area contributed by atoms with Gasteiger partial charge in [0.05, 0.1) is 45.0 Å². The highest BCUT2D eigenvalue weighted by molar-refractivity contribution is 6.15. The topological polar surface area (TPSA) is 104 Å². The van der Waals surface area contributed by atoms with Crippen molar-refractivity contribution in [1.29, 1.82) is 0 Å². The van der Waals surface area contributed by atoms with Crippen LogP contribution < -0.4 is 18.9 Å². The maximum absolute atomic E-state index is 13.2. The minimum absolute atomic E-state index is 0.0360. The Kier molecular flexibility index (Phi) is 7.69. The third-order valence-corrected chi connectivity index (χ3v) is 6.41. The number of Topliss-reactive ketones (excluding diaryl/α,β-unsaturated/α-hetero) is 1. The summed E-state index contributed by atoms with van der Waals surface area (Å²) in [5.74, 6) is 1.13. The third kappa shape index (κ3) is 4.97. The predicted octanol–water partition coefficient (Wildman–Crippen LogP) is 3.81. The number of esters is 1. The van der Waals surface area contributed by atoms with Crippen molar-refractivity contribution in [1.82, 2.24) is 4.90 Å². The summed E-state index contributed by atoms with van der Waals surface area (Å²) in [6, 6.07) is 6.50. The van der Waals surface area contributed by atoms with Crippen LogP contribution in [0.1, 0.15) is 41.3 Å². The van der Waals surface area contributed by atoms with Crippen LogP contribution in [-0.2, 0) is 16.1 Å². The average molecular weight is 498 g/mol. The number of fused-ring (bicyclic) bond motifs is 1. The number of carbonyl (C=O) groups excluding carboxylic acids is 2. The standard InChI is InChI=1S/C27H31NO8/c1-5-35-27(31)17-7-6-10-28(14-17)15-19-20(29)9-8-18-24(30)21(36-25(18)19)11-16-12-22(32-2)26(34-4)23(13-16)33-3/h8-9,11-13,17,29H,5-7,10,14-15H2,1-4H3/b21-11-. The first-order valence-electron chi connectivity index (χ1n) is 11.9. The number of ether oxygens (including phenoxy) is 5. The maximum atomic E-state index is 13.2. The molecule has 0 amide bonds. The van der Waals surface area contributed by atoms with Crippen molar-refractivity contribution < 1.29 is 38.4 Å². The van der Waals surface area contributed by atoms with Crippen LogP contribution in [0.3, 0.4) is 0 Å². The Morgan fingerprint density at radius 1 is 1.17 bits per heavy atom. The average Bonchev–Trinajstić information content (AvgIpc) is 3.20. The minimum atomic E-state index is -0.289. The highest BCUT2D eigenvalue weighted by atomic mass is 16.5. The number of aromatic hydroxyl groups is 1. The summed E-state index contributed by atoms with van der Waals surface area (Å²) in [7, 11) is 4.55. The molecule has 2 heterocycles. The van der Waals surface area contributed by atoms with Gasteiger partial charge in [0.15, 0.2) is 17.3 Å². The molecule has 9 heteroatoms. The molecule has 0 radical (unpaired) electrons. The summed E-state index contributed by atoms with van der Waals surface area (Å²) in [5.41, 5.74) is 1.51. The largest absolute Gasteiger partial charge is 0.507 e. The van der Waals surface area contributed by atoms with Gasteiger partial charge in [-0.3, -0.25) is 14.5 Å². The molecule has 192 valence electrons. The number of phenols is 1. The molecule has 1 fully saturated rings. The van der Waals surface area contributed by atoms with Gasteiger partial charge < -0.3 is 28.8 Å². The monoisotopic (exact) mass is 497 g/mol. The SMILES string of the molecule is CCOC(=O)C1CCCN(Cc2c(O)ccc3c2O/C(=C\c2cc(OC)c(OC)c(OC)c2)C3=O)C1. The van der Waals surface area contributed by atoms with Gasteiger partial charge in [-0.1, -0.05) is 0 Å². The second kappa shape index (κ2) is 10.9. The summed E-state index contributed by atoms with van der Waals surface area (Å²) in [5, 5.41) is 10.6. The number of rotatable bonds is 8. The Labute approximate surface area is 210 Å². The van der Waals surface area contributed by atoms with Gasteiger partial charge in [-0.2, -0.15) is 0 Å². The summed E-state index contributed by atoms with van der Waals surface area (Å²) < 4.78 is 27.4. The third-order valence-electron chi connectivity index (χ3n) is 6.41.